The molecular formula is CH4ClO2P. The third-order valence-corrected chi connectivity index (χ3v) is 0.899. The second kappa shape index (κ2) is 2.86. The van der Waals surface area contributed by atoms with Gasteiger partial charge in [0.15, 0.2) is 8.38 Å². The Labute approximate surface area is 36.8 Å². The summed E-state index contributed by atoms with van der Waals surface area (Å²) in [6, 6.07) is 0. The molecule has 0 aliphatic heterocycles. The first-order chi connectivity index (χ1) is 2.27. The Morgan fingerprint density at radius 2 is 2.20 bits per heavy atom. The van der Waals surface area contributed by atoms with Gasteiger partial charge in [0, 0.05) is 6.66 Å². The van der Waals surface area contributed by atoms with Gasteiger partial charge < -0.3 is 4.89 Å². The zero-order chi connectivity index (χ0) is 4.28. The van der Waals surface area contributed by atoms with E-state index < -0.39 is 8.38 Å². The van der Waals surface area contributed by atoms with Crippen LogP contribution in [-0.4, -0.2) is 11.6 Å². The number of hydrogen-bond donors (Lipinski definition) is 1. The summed E-state index contributed by atoms with van der Waals surface area (Å²) >= 11 is 4.62. The zero-order valence-corrected chi connectivity index (χ0v) is 4.33. The first-order valence-corrected chi connectivity index (χ1v) is 2.95. The molecule has 0 saturated carbocycles. The largest absolute Gasteiger partial charge is 0.349 e. The van der Waals surface area contributed by atoms with Crippen molar-refractivity contribution in [1.29, 1.82) is 0 Å². The number of halogens is 1. The highest BCUT2D eigenvalue weighted by Gasteiger charge is 1.85. The van der Waals surface area contributed by atoms with E-state index in [1.54, 1.807) is 0 Å². The van der Waals surface area contributed by atoms with Crippen LogP contribution in [0, 0.1) is 0 Å². The molecule has 0 aromatic heterocycles. The van der Waals surface area contributed by atoms with E-state index in [0.717, 1.165) is 0 Å². The molecule has 0 aromatic carbocycles. The lowest BCUT2D eigenvalue weighted by atomic mass is 12.0. The van der Waals surface area contributed by atoms with Crippen LogP contribution in [0.5, 0.6) is 0 Å². The van der Waals surface area contributed by atoms with Gasteiger partial charge in [0.2, 0.25) is 0 Å². The smallest absolute Gasteiger partial charge is 0.186 e. The molecular weight excluding hydrogens is 110 g/mol. The second-order valence-electron chi connectivity index (χ2n) is 0.533. The van der Waals surface area contributed by atoms with Crippen LogP contribution in [0.3, 0.4) is 0 Å². The lowest BCUT2D eigenvalue weighted by Gasteiger charge is -1.88. The van der Waals surface area contributed by atoms with Gasteiger partial charge in [0.1, 0.15) is 0 Å². The molecule has 0 bridgehead atoms. The maximum Gasteiger partial charge on any atom is 0.186 e. The highest BCUT2D eigenvalue weighted by atomic mass is 35.5. The van der Waals surface area contributed by atoms with Gasteiger partial charge in [-0.15, -0.1) is 0 Å². The molecule has 0 aliphatic carbocycles. The molecule has 1 N–H and O–H groups in total. The summed E-state index contributed by atoms with van der Waals surface area (Å²) in [4.78, 5) is 8.07. The molecule has 0 spiro atoms. The summed E-state index contributed by atoms with van der Waals surface area (Å²) in [5, 5.41) is 0. The summed E-state index contributed by atoms with van der Waals surface area (Å²) in [6.07, 6.45) is 0. The van der Waals surface area contributed by atoms with E-state index in [0.29, 0.717) is 0 Å². The SMILES string of the molecule is CP(O)OCl. The standard InChI is InChI=1S/CH4ClO2P/c1-5(3)4-2/h3H,1H3. The van der Waals surface area contributed by atoms with Gasteiger partial charge in [0.05, 0.1) is 11.9 Å². The van der Waals surface area contributed by atoms with Crippen LogP contribution in [0.2, 0.25) is 0 Å². The Kier molecular flexibility index (Phi) is 3.22. The van der Waals surface area contributed by atoms with Crippen LogP contribution in [0.25, 0.3) is 0 Å². The van der Waals surface area contributed by atoms with Gasteiger partial charge in [-0.1, -0.05) is 0 Å². The summed E-state index contributed by atoms with van der Waals surface area (Å²) in [5.74, 6) is 0. The van der Waals surface area contributed by atoms with Crippen molar-refractivity contribution in [3.8, 4) is 0 Å². The predicted molar refractivity (Wildman–Crippen MR) is 22.0 cm³/mol. The summed E-state index contributed by atoms with van der Waals surface area (Å²) in [7, 11) is -1.33. The van der Waals surface area contributed by atoms with Gasteiger partial charge in [-0.3, -0.25) is 0 Å². The van der Waals surface area contributed by atoms with E-state index in [1.807, 2.05) is 0 Å². The summed E-state index contributed by atoms with van der Waals surface area (Å²) < 4.78 is 3.84. The Bertz CT molecular complexity index is 23.6. The van der Waals surface area contributed by atoms with Crippen LogP contribution in [0.4, 0.5) is 0 Å². The molecule has 32 valence electrons. The number of hydrogen-bond acceptors (Lipinski definition) is 2. The van der Waals surface area contributed by atoms with E-state index in [1.165, 1.54) is 6.66 Å². The van der Waals surface area contributed by atoms with Crippen LogP contribution in [0.15, 0.2) is 0 Å². The molecule has 0 heterocycles. The fourth-order valence-electron chi connectivity index (χ4n) is 0. The molecule has 0 fully saturated rings. The topological polar surface area (TPSA) is 29.5 Å². The molecule has 1 atom stereocenters. The normalized spacial score (nSPS) is 15.0. The maximum atomic E-state index is 8.07. The lowest BCUT2D eigenvalue weighted by molar-refractivity contribution is 0.522. The molecule has 0 amide bonds. The third-order valence-electron chi connectivity index (χ3n) is 0.0999. The minimum atomic E-state index is -1.33. The summed E-state index contributed by atoms with van der Waals surface area (Å²) in [6.45, 7) is 1.49. The van der Waals surface area contributed by atoms with Crippen molar-refractivity contribution in [2.75, 3.05) is 6.66 Å². The van der Waals surface area contributed by atoms with Crippen molar-refractivity contribution in [3.05, 3.63) is 0 Å². The van der Waals surface area contributed by atoms with Gasteiger partial charge in [-0.25, -0.2) is 4.08 Å². The Balaban J connectivity index is 2.54. The Hall–Kier alpha value is 0.640. The van der Waals surface area contributed by atoms with Crippen molar-refractivity contribution < 1.29 is 8.97 Å². The molecule has 0 saturated heterocycles. The van der Waals surface area contributed by atoms with Crippen molar-refractivity contribution in [2.45, 2.75) is 0 Å². The third kappa shape index (κ3) is 4.64. The quantitative estimate of drug-likeness (QED) is 0.517. The second-order valence-corrected chi connectivity index (χ2v) is 2.01. The Morgan fingerprint density at radius 1 is 2.00 bits per heavy atom. The van der Waals surface area contributed by atoms with Crippen LogP contribution >= 0.6 is 20.2 Å². The fourth-order valence-corrected chi connectivity index (χ4v) is 0. The van der Waals surface area contributed by atoms with E-state index in [4.69, 9.17) is 4.89 Å². The first-order valence-electron chi connectivity index (χ1n) is 0.984. The first kappa shape index (κ1) is 5.64. The van der Waals surface area contributed by atoms with Gasteiger partial charge in [0.25, 0.3) is 0 Å². The number of rotatable bonds is 1. The zero-order valence-electron chi connectivity index (χ0n) is 2.68. The van der Waals surface area contributed by atoms with Crippen molar-refractivity contribution in [2.24, 2.45) is 0 Å². The molecule has 0 rings (SSSR count). The predicted octanol–water partition coefficient (Wildman–Crippen LogP) is 1.09. The summed E-state index contributed by atoms with van der Waals surface area (Å²) in [5.41, 5.74) is 0. The van der Waals surface area contributed by atoms with E-state index in [-0.39, 0.29) is 0 Å². The van der Waals surface area contributed by atoms with Crippen LogP contribution in [-0.2, 0) is 4.08 Å². The van der Waals surface area contributed by atoms with Crippen molar-refractivity contribution >= 4 is 20.2 Å². The molecule has 0 aliphatic rings. The van der Waals surface area contributed by atoms with Crippen molar-refractivity contribution in [3.63, 3.8) is 0 Å². The minimum Gasteiger partial charge on any atom is -0.349 e. The molecule has 0 radical (unpaired) electrons. The van der Waals surface area contributed by atoms with Crippen molar-refractivity contribution in [1.82, 2.24) is 0 Å². The maximum absolute atomic E-state index is 8.07. The van der Waals surface area contributed by atoms with E-state index in [2.05, 4.69) is 15.9 Å². The molecule has 1 unspecified atom stereocenters. The highest BCUT2D eigenvalue weighted by Crippen LogP contribution is 2.26. The van der Waals surface area contributed by atoms with E-state index >= 15 is 0 Å². The van der Waals surface area contributed by atoms with E-state index in [9.17, 15) is 0 Å². The fraction of sp³-hybridized carbons (Fsp3) is 1.00. The van der Waals surface area contributed by atoms with Gasteiger partial charge in [-0.2, -0.15) is 0 Å². The van der Waals surface area contributed by atoms with Crippen LogP contribution in [0.1, 0.15) is 0 Å². The minimum absolute atomic E-state index is 1.33. The lowest BCUT2D eigenvalue weighted by Crippen LogP contribution is -1.58. The molecule has 0 aromatic rings. The van der Waals surface area contributed by atoms with Crippen LogP contribution < -0.4 is 0 Å². The monoisotopic (exact) mass is 114 g/mol. The van der Waals surface area contributed by atoms with Gasteiger partial charge in [-0.05, 0) is 0 Å². The highest BCUT2D eigenvalue weighted by molar-refractivity contribution is 7.46. The Morgan fingerprint density at radius 3 is 2.20 bits per heavy atom. The molecule has 5 heavy (non-hydrogen) atoms. The average molecular weight is 114 g/mol. The molecule has 4 heteroatoms. The average Bonchev–Trinajstić information content (AvgIpc) is 1.38. The molecule has 2 nitrogen and oxygen atoms in total. The van der Waals surface area contributed by atoms with Gasteiger partial charge >= 0.3 is 0 Å².